The monoisotopic (exact) mass is 438 g/mol. The number of aliphatic imine (C=N–C) groups is 1. The van der Waals surface area contributed by atoms with Gasteiger partial charge in [0.15, 0.2) is 5.17 Å². The molecule has 4 rings (SSSR count). The number of hydrogen-bond donors (Lipinski definition) is 1. The number of likely N-dealkylation sites (N-methyl/N-ethyl adjacent to an activating group) is 1. The number of halogens is 1. The highest BCUT2D eigenvalue weighted by atomic mass is 35.5. The van der Waals surface area contributed by atoms with E-state index >= 15 is 0 Å². The van der Waals surface area contributed by atoms with Crippen LogP contribution in [-0.4, -0.2) is 40.5 Å². The normalized spacial score (nSPS) is 16.8. The summed E-state index contributed by atoms with van der Waals surface area (Å²) >= 11 is 7.24. The van der Waals surface area contributed by atoms with Crippen molar-refractivity contribution in [3.63, 3.8) is 0 Å². The predicted molar refractivity (Wildman–Crippen MR) is 124 cm³/mol. The van der Waals surface area contributed by atoms with E-state index in [4.69, 9.17) is 11.6 Å². The molecule has 1 saturated heterocycles. The lowest BCUT2D eigenvalue weighted by atomic mass is 10.1. The van der Waals surface area contributed by atoms with Gasteiger partial charge in [0.2, 0.25) is 5.91 Å². The zero-order valence-corrected chi connectivity index (χ0v) is 18.0. The first kappa shape index (κ1) is 20.3. The number of aromatic nitrogens is 1. The van der Waals surface area contributed by atoms with Gasteiger partial charge in [-0.1, -0.05) is 29.8 Å². The molecular formula is C22H19ClN4O2S. The van der Waals surface area contributed by atoms with Crippen LogP contribution in [0, 0.1) is 0 Å². The van der Waals surface area contributed by atoms with Crippen molar-refractivity contribution in [2.45, 2.75) is 6.54 Å². The lowest BCUT2D eigenvalue weighted by Crippen LogP contribution is -2.23. The topological polar surface area (TPSA) is 66.7 Å². The van der Waals surface area contributed by atoms with Crippen molar-refractivity contribution in [3.8, 4) is 0 Å². The molecule has 0 radical (unpaired) electrons. The first-order valence-corrected chi connectivity index (χ1v) is 10.4. The highest BCUT2D eigenvalue weighted by Crippen LogP contribution is 2.33. The fourth-order valence-corrected chi connectivity index (χ4v) is 4.34. The summed E-state index contributed by atoms with van der Waals surface area (Å²) in [6, 6.07) is 14.8. The van der Waals surface area contributed by atoms with E-state index in [0.29, 0.717) is 20.8 Å². The number of benzene rings is 2. The number of hydrogen-bond acceptors (Lipinski definition) is 4. The fourth-order valence-electron chi connectivity index (χ4n) is 3.30. The van der Waals surface area contributed by atoms with Gasteiger partial charge in [-0.05, 0) is 48.2 Å². The number of thioether (sulfide) groups is 1. The molecule has 0 saturated carbocycles. The number of amidine groups is 1. The summed E-state index contributed by atoms with van der Waals surface area (Å²) < 4.78 is 1.88. The van der Waals surface area contributed by atoms with E-state index < -0.39 is 0 Å². The number of carbonyl (C=O) groups excluding carboxylic acids is 2. The lowest BCUT2D eigenvalue weighted by molar-refractivity contribution is -0.121. The molecule has 152 valence electrons. The van der Waals surface area contributed by atoms with E-state index in [1.165, 1.54) is 16.7 Å². The van der Waals surface area contributed by atoms with Gasteiger partial charge in [0.05, 0.1) is 4.91 Å². The molecule has 1 fully saturated rings. The van der Waals surface area contributed by atoms with Gasteiger partial charge in [0.1, 0.15) is 6.54 Å². The van der Waals surface area contributed by atoms with Gasteiger partial charge in [-0.25, -0.2) is 0 Å². The second-order valence-electron chi connectivity index (χ2n) is 6.77. The Bertz CT molecular complexity index is 1200. The third-order valence-corrected chi connectivity index (χ3v) is 6.15. The van der Waals surface area contributed by atoms with Gasteiger partial charge in [-0.15, -0.1) is 0 Å². The third-order valence-electron chi connectivity index (χ3n) is 4.74. The largest absolute Gasteiger partial charge is 0.337 e. The third kappa shape index (κ3) is 3.99. The Morgan fingerprint density at radius 2 is 1.93 bits per heavy atom. The first-order chi connectivity index (χ1) is 14.5. The Labute approximate surface area is 183 Å². The molecule has 2 heterocycles. The van der Waals surface area contributed by atoms with Crippen molar-refractivity contribution in [2.24, 2.45) is 4.99 Å². The molecule has 2 amide bonds. The maximum atomic E-state index is 12.6. The molecule has 8 heteroatoms. The van der Waals surface area contributed by atoms with Gasteiger partial charge in [0, 0.05) is 47.5 Å². The van der Waals surface area contributed by atoms with E-state index in [0.717, 1.165) is 16.5 Å². The van der Waals surface area contributed by atoms with E-state index in [1.54, 1.807) is 38.4 Å². The van der Waals surface area contributed by atoms with Crippen LogP contribution in [0.2, 0.25) is 5.02 Å². The van der Waals surface area contributed by atoms with Crippen LogP contribution in [0.3, 0.4) is 0 Å². The molecule has 1 aliphatic rings. The summed E-state index contributed by atoms with van der Waals surface area (Å²) in [5, 5.41) is 5.13. The smallest absolute Gasteiger partial charge is 0.266 e. The van der Waals surface area contributed by atoms with Crippen LogP contribution < -0.4 is 5.32 Å². The minimum Gasteiger partial charge on any atom is -0.337 e. The summed E-state index contributed by atoms with van der Waals surface area (Å²) in [4.78, 5) is 31.4. The lowest BCUT2D eigenvalue weighted by Gasteiger charge is -2.07. The van der Waals surface area contributed by atoms with Gasteiger partial charge in [0.25, 0.3) is 5.91 Å². The average Bonchev–Trinajstić information content (AvgIpc) is 3.22. The van der Waals surface area contributed by atoms with Crippen LogP contribution >= 0.6 is 23.4 Å². The van der Waals surface area contributed by atoms with Gasteiger partial charge < -0.3 is 9.88 Å². The summed E-state index contributed by atoms with van der Waals surface area (Å²) in [5.74, 6) is -0.235. The first-order valence-electron chi connectivity index (χ1n) is 9.24. The molecule has 6 nitrogen and oxygen atoms in total. The number of nitrogens with zero attached hydrogens (tertiary/aromatic N) is 3. The molecule has 0 unspecified atom stereocenters. The summed E-state index contributed by atoms with van der Waals surface area (Å²) in [6.45, 7) is 0.148. The molecule has 1 N–H and O–H groups in total. The van der Waals surface area contributed by atoms with E-state index in [1.807, 2.05) is 41.1 Å². The SMILES string of the molecule is CN=C1S/C(=C/c2cn(CC(=O)Nc3ccc(Cl)cc3)c3ccccc23)C(=O)N1C. The minimum absolute atomic E-state index is 0.0853. The quantitative estimate of drug-likeness (QED) is 0.611. The van der Waals surface area contributed by atoms with Crippen LogP contribution in [0.4, 0.5) is 5.69 Å². The maximum absolute atomic E-state index is 12.6. The maximum Gasteiger partial charge on any atom is 0.266 e. The van der Waals surface area contributed by atoms with Crippen LogP contribution in [0.25, 0.3) is 17.0 Å². The highest BCUT2D eigenvalue weighted by molar-refractivity contribution is 8.18. The van der Waals surface area contributed by atoms with Gasteiger partial charge in [-0.3, -0.25) is 19.5 Å². The molecule has 30 heavy (non-hydrogen) atoms. The van der Waals surface area contributed by atoms with Crippen molar-refractivity contribution in [2.75, 3.05) is 19.4 Å². The van der Waals surface area contributed by atoms with Crippen LogP contribution in [0.15, 0.2) is 64.6 Å². The van der Waals surface area contributed by atoms with Crippen molar-refractivity contribution >= 4 is 63.0 Å². The Balaban J connectivity index is 1.63. The van der Waals surface area contributed by atoms with Gasteiger partial charge in [-0.2, -0.15) is 0 Å². The Morgan fingerprint density at radius 1 is 1.20 bits per heavy atom. The van der Waals surface area contributed by atoms with E-state index in [2.05, 4.69) is 10.3 Å². The summed E-state index contributed by atoms with van der Waals surface area (Å²) in [5.41, 5.74) is 2.49. The molecule has 0 atom stereocenters. The Hall–Kier alpha value is -3.03. The predicted octanol–water partition coefficient (Wildman–Crippen LogP) is 4.47. The van der Waals surface area contributed by atoms with Gasteiger partial charge >= 0.3 is 0 Å². The Kier molecular flexibility index (Phi) is 5.65. The fraction of sp³-hybridized carbons (Fsp3) is 0.136. The average molecular weight is 439 g/mol. The summed E-state index contributed by atoms with van der Waals surface area (Å²) in [6.07, 6.45) is 3.76. The van der Waals surface area contributed by atoms with Crippen molar-refractivity contribution in [1.29, 1.82) is 0 Å². The number of rotatable bonds is 4. The number of amides is 2. The summed E-state index contributed by atoms with van der Waals surface area (Å²) in [7, 11) is 3.38. The molecule has 0 bridgehead atoms. The van der Waals surface area contributed by atoms with Crippen LogP contribution in [0.1, 0.15) is 5.56 Å². The molecule has 0 aliphatic carbocycles. The van der Waals surface area contributed by atoms with Crippen molar-refractivity contribution in [1.82, 2.24) is 9.47 Å². The second kappa shape index (κ2) is 8.38. The van der Waals surface area contributed by atoms with Crippen molar-refractivity contribution in [3.05, 3.63) is 70.2 Å². The Morgan fingerprint density at radius 3 is 2.63 bits per heavy atom. The molecule has 2 aromatic carbocycles. The minimum atomic E-state index is -0.149. The van der Waals surface area contributed by atoms with Crippen LogP contribution in [0.5, 0.6) is 0 Å². The number of para-hydroxylation sites is 1. The zero-order valence-electron chi connectivity index (χ0n) is 16.4. The zero-order chi connectivity index (χ0) is 21.3. The number of anilines is 1. The van der Waals surface area contributed by atoms with Crippen LogP contribution in [-0.2, 0) is 16.1 Å². The number of nitrogens with one attached hydrogen (secondary N) is 1. The highest BCUT2D eigenvalue weighted by Gasteiger charge is 2.30. The molecule has 1 aromatic heterocycles. The number of carbonyl (C=O) groups is 2. The standard InChI is InChI=1S/C22H19ClN4O2S/c1-24-22-26(2)21(29)19(30-22)11-14-12-27(18-6-4-3-5-17(14)18)13-20(28)25-16-9-7-15(23)8-10-16/h3-12H,13H2,1-2H3,(H,25,28)/b19-11+,24-22?. The number of fused-ring (bicyclic) bond motifs is 1. The molecule has 0 spiro atoms. The molecule has 1 aliphatic heterocycles. The molecular weight excluding hydrogens is 420 g/mol. The second-order valence-corrected chi connectivity index (χ2v) is 8.21. The molecule has 3 aromatic rings. The van der Waals surface area contributed by atoms with E-state index in [-0.39, 0.29) is 18.4 Å². The van der Waals surface area contributed by atoms with E-state index in [9.17, 15) is 9.59 Å². The van der Waals surface area contributed by atoms with Crippen molar-refractivity contribution < 1.29 is 9.59 Å².